The number of carbonyl (C=O) groups excluding carboxylic acids is 5. The fourth-order valence-electron chi connectivity index (χ4n) is 6.56. The fraction of sp³-hybridized carbons (Fsp3) is 0.792. The molecule has 0 aromatic rings. The van der Waals surface area contributed by atoms with Crippen LogP contribution in [0.3, 0.4) is 0 Å². The third kappa shape index (κ3) is 4.15. The lowest BCUT2D eigenvalue weighted by Gasteiger charge is -2.31. The second-order valence-electron chi connectivity index (χ2n) is 10.6. The molecule has 5 rings (SSSR count). The molecule has 10 nitrogen and oxygen atoms in total. The van der Waals surface area contributed by atoms with Gasteiger partial charge in [0, 0.05) is 51.0 Å². The lowest BCUT2D eigenvalue weighted by Crippen LogP contribution is -2.53. The first-order valence-electron chi connectivity index (χ1n) is 12.8. The average molecular weight is 474 g/mol. The number of likely N-dealkylation sites (tertiary alicyclic amines) is 2. The first-order valence-corrected chi connectivity index (χ1v) is 12.8. The second kappa shape index (κ2) is 9.19. The molecule has 0 bridgehead atoms. The maximum absolute atomic E-state index is 13.6. The minimum Gasteiger partial charge on any atom is -0.351 e. The molecule has 5 fully saturated rings. The zero-order chi connectivity index (χ0) is 24.0. The lowest BCUT2D eigenvalue weighted by atomic mass is 9.95. The Labute approximate surface area is 199 Å². The minimum atomic E-state index is -0.646. The Kier molecular flexibility index (Phi) is 6.24. The van der Waals surface area contributed by atoms with Crippen molar-refractivity contribution in [1.29, 1.82) is 0 Å². The van der Waals surface area contributed by atoms with Gasteiger partial charge in [0.05, 0.1) is 6.04 Å². The van der Waals surface area contributed by atoms with E-state index < -0.39 is 12.1 Å². The van der Waals surface area contributed by atoms with Crippen molar-refractivity contribution in [1.82, 2.24) is 25.3 Å². The molecular weight excluding hydrogens is 438 g/mol. The van der Waals surface area contributed by atoms with Crippen LogP contribution in [0.2, 0.25) is 0 Å². The summed E-state index contributed by atoms with van der Waals surface area (Å²) in [4.78, 5) is 69.2. The first kappa shape index (κ1) is 23.1. The van der Waals surface area contributed by atoms with Crippen molar-refractivity contribution in [3.05, 3.63) is 0 Å². The smallest absolute Gasteiger partial charge is 0.248 e. The molecule has 0 radical (unpaired) electrons. The average Bonchev–Trinajstić information content (AvgIpc) is 3.57. The van der Waals surface area contributed by atoms with Crippen molar-refractivity contribution in [3.63, 3.8) is 0 Å². The Morgan fingerprint density at radius 1 is 0.941 bits per heavy atom. The van der Waals surface area contributed by atoms with Crippen LogP contribution in [0.15, 0.2) is 0 Å². The van der Waals surface area contributed by atoms with E-state index in [0.717, 1.165) is 25.7 Å². The molecule has 1 saturated carbocycles. The first-order chi connectivity index (χ1) is 16.3. The number of fused-ring (bicyclic) bond motifs is 2. The van der Waals surface area contributed by atoms with Gasteiger partial charge in [0.1, 0.15) is 12.1 Å². The van der Waals surface area contributed by atoms with Gasteiger partial charge >= 0.3 is 0 Å². The van der Waals surface area contributed by atoms with Crippen molar-refractivity contribution < 1.29 is 24.0 Å². The second-order valence-corrected chi connectivity index (χ2v) is 10.6. The van der Waals surface area contributed by atoms with Crippen LogP contribution in [0.5, 0.6) is 0 Å². The highest BCUT2D eigenvalue weighted by Crippen LogP contribution is 2.33. The molecule has 4 atom stereocenters. The number of amides is 5. The van der Waals surface area contributed by atoms with E-state index in [1.54, 1.807) is 14.7 Å². The van der Waals surface area contributed by atoms with E-state index in [1.165, 1.54) is 6.92 Å². The van der Waals surface area contributed by atoms with Gasteiger partial charge in [0.25, 0.3) is 0 Å². The molecule has 0 aromatic carbocycles. The van der Waals surface area contributed by atoms with E-state index in [-0.39, 0.29) is 60.0 Å². The molecule has 0 aromatic heterocycles. The van der Waals surface area contributed by atoms with Crippen LogP contribution in [0.1, 0.15) is 58.3 Å². The summed E-state index contributed by atoms with van der Waals surface area (Å²) in [6.45, 7) is 3.46. The minimum absolute atomic E-state index is 0.0127. The highest BCUT2D eigenvalue weighted by atomic mass is 16.2. The molecule has 10 heteroatoms. The van der Waals surface area contributed by atoms with Crippen LogP contribution < -0.4 is 10.6 Å². The Balaban J connectivity index is 1.23. The zero-order valence-electron chi connectivity index (χ0n) is 19.8. The van der Waals surface area contributed by atoms with Gasteiger partial charge in [-0.05, 0) is 38.5 Å². The summed E-state index contributed by atoms with van der Waals surface area (Å²) in [6, 6.07) is -1.90. The molecule has 2 N–H and O–H groups in total. The van der Waals surface area contributed by atoms with Crippen molar-refractivity contribution in [2.24, 2.45) is 11.8 Å². The van der Waals surface area contributed by atoms with E-state index in [4.69, 9.17) is 0 Å². The van der Waals surface area contributed by atoms with Crippen LogP contribution in [0, 0.1) is 11.8 Å². The maximum atomic E-state index is 13.6. The van der Waals surface area contributed by atoms with Gasteiger partial charge in [0.15, 0.2) is 0 Å². The SMILES string of the molecule is CC(=O)N1CCC(C(=O)NC2CC3C(=O)NC4CCN(C(=O)C5CCCC5)C4C(=O)N3C2)CC1. The molecule has 4 saturated heterocycles. The quantitative estimate of drug-likeness (QED) is 0.579. The van der Waals surface area contributed by atoms with Crippen LogP contribution in [0.4, 0.5) is 0 Å². The lowest BCUT2D eigenvalue weighted by molar-refractivity contribution is -0.146. The van der Waals surface area contributed by atoms with Gasteiger partial charge < -0.3 is 25.3 Å². The largest absolute Gasteiger partial charge is 0.351 e. The van der Waals surface area contributed by atoms with Crippen LogP contribution in [-0.2, 0) is 24.0 Å². The predicted molar refractivity (Wildman–Crippen MR) is 121 cm³/mol. The van der Waals surface area contributed by atoms with E-state index in [2.05, 4.69) is 10.6 Å². The zero-order valence-corrected chi connectivity index (χ0v) is 19.8. The third-order valence-electron chi connectivity index (χ3n) is 8.51. The number of hydrogen-bond donors (Lipinski definition) is 2. The van der Waals surface area contributed by atoms with Gasteiger partial charge in [0.2, 0.25) is 29.5 Å². The van der Waals surface area contributed by atoms with Gasteiger partial charge in [-0.2, -0.15) is 0 Å². The Morgan fingerprint density at radius 3 is 2.32 bits per heavy atom. The third-order valence-corrected chi connectivity index (χ3v) is 8.51. The monoisotopic (exact) mass is 473 g/mol. The summed E-state index contributed by atoms with van der Waals surface area (Å²) < 4.78 is 0. The van der Waals surface area contributed by atoms with Crippen molar-refractivity contribution in [2.45, 2.75) is 82.5 Å². The summed E-state index contributed by atoms with van der Waals surface area (Å²) in [5, 5.41) is 6.08. The highest BCUT2D eigenvalue weighted by Gasteiger charge is 2.53. The summed E-state index contributed by atoms with van der Waals surface area (Å²) >= 11 is 0. The standard InChI is InChI=1S/C24H35N5O5/c1-14(30)27-9-6-15(7-10-27)21(31)25-17-12-19-22(32)26-18-8-11-28(20(18)24(34)29(19)13-17)23(33)16-4-2-3-5-16/h15-20H,2-13H2,1H3,(H,25,31)(H,26,32). The number of hydrogen-bond acceptors (Lipinski definition) is 5. The van der Waals surface area contributed by atoms with E-state index >= 15 is 0 Å². The van der Waals surface area contributed by atoms with Gasteiger partial charge in [-0.25, -0.2) is 0 Å². The Bertz CT molecular complexity index is 879. The van der Waals surface area contributed by atoms with E-state index in [9.17, 15) is 24.0 Å². The number of nitrogens with zero attached hydrogens (tertiary/aromatic N) is 3. The molecule has 186 valence electrons. The molecule has 5 aliphatic rings. The number of carbonyl (C=O) groups is 5. The Morgan fingerprint density at radius 2 is 1.65 bits per heavy atom. The number of nitrogens with one attached hydrogen (secondary N) is 2. The molecule has 4 aliphatic heterocycles. The normalized spacial score (nSPS) is 32.3. The van der Waals surface area contributed by atoms with E-state index in [1.807, 2.05) is 0 Å². The van der Waals surface area contributed by atoms with Crippen LogP contribution in [-0.4, -0.2) is 94.6 Å². The summed E-state index contributed by atoms with van der Waals surface area (Å²) in [6.07, 6.45) is 6.06. The summed E-state index contributed by atoms with van der Waals surface area (Å²) in [5.74, 6) is -0.549. The molecular formula is C24H35N5O5. The molecule has 4 heterocycles. The topological polar surface area (TPSA) is 119 Å². The summed E-state index contributed by atoms with van der Waals surface area (Å²) in [7, 11) is 0. The molecule has 4 unspecified atom stereocenters. The van der Waals surface area contributed by atoms with Crippen LogP contribution in [0.25, 0.3) is 0 Å². The van der Waals surface area contributed by atoms with Gasteiger partial charge in [-0.15, -0.1) is 0 Å². The Hall–Kier alpha value is -2.65. The van der Waals surface area contributed by atoms with Gasteiger partial charge in [-0.1, -0.05) is 12.8 Å². The molecule has 1 aliphatic carbocycles. The maximum Gasteiger partial charge on any atom is 0.248 e. The van der Waals surface area contributed by atoms with Crippen molar-refractivity contribution in [2.75, 3.05) is 26.2 Å². The number of piperidine rings is 1. The predicted octanol–water partition coefficient (Wildman–Crippen LogP) is -0.380. The highest BCUT2D eigenvalue weighted by molar-refractivity contribution is 5.97. The van der Waals surface area contributed by atoms with Crippen LogP contribution >= 0.6 is 0 Å². The van der Waals surface area contributed by atoms with Crippen molar-refractivity contribution in [3.8, 4) is 0 Å². The molecule has 0 spiro atoms. The number of rotatable bonds is 3. The fourth-order valence-corrected chi connectivity index (χ4v) is 6.56. The summed E-state index contributed by atoms with van der Waals surface area (Å²) in [5.41, 5.74) is 0. The molecule has 34 heavy (non-hydrogen) atoms. The van der Waals surface area contributed by atoms with Crippen molar-refractivity contribution >= 4 is 29.5 Å². The van der Waals surface area contributed by atoms with Gasteiger partial charge in [-0.3, -0.25) is 24.0 Å². The van der Waals surface area contributed by atoms with E-state index in [0.29, 0.717) is 45.3 Å². The molecule has 5 amide bonds.